The molecule has 0 spiro atoms. The first-order valence-electron chi connectivity index (χ1n) is 4.19. The van der Waals surface area contributed by atoms with Crippen molar-refractivity contribution in [2.24, 2.45) is 0 Å². The first-order chi connectivity index (χ1) is 7.06. The first kappa shape index (κ1) is 12.4. The van der Waals surface area contributed by atoms with Crippen LogP contribution in [0.1, 0.15) is 5.56 Å². The number of benzene rings is 1. The number of nitro benzene ring substituents is 1. The summed E-state index contributed by atoms with van der Waals surface area (Å²) in [7, 11) is 0. The van der Waals surface area contributed by atoms with Gasteiger partial charge in [-0.1, -0.05) is 15.9 Å². The molecule has 0 atom stereocenters. The SMILES string of the molecule is Cc1cc(Br)c(OCCBr)c([N+](=O)[O-])c1. The van der Waals surface area contributed by atoms with Crippen LogP contribution in [0.3, 0.4) is 0 Å². The smallest absolute Gasteiger partial charge is 0.312 e. The van der Waals surface area contributed by atoms with E-state index in [1.807, 2.05) is 0 Å². The van der Waals surface area contributed by atoms with E-state index in [0.29, 0.717) is 16.4 Å². The van der Waals surface area contributed by atoms with Crippen LogP contribution in [0, 0.1) is 17.0 Å². The van der Waals surface area contributed by atoms with E-state index in [4.69, 9.17) is 4.74 Å². The number of halogens is 2. The second kappa shape index (κ2) is 5.46. The lowest BCUT2D eigenvalue weighted by molar-refractivity contribution is -0.386. The minimum atomic E-state index is -0.443. The molecule has 0 aliphatic rings. The largest absolute Gasteiger partial charge is 0.485 e. The maximum absolute atomic E-state index is 10.8. The summed E-state index contributed by atoms with van der Waals surface area (Å²) in [6, 6.07) is 3.28. The molecule has 0 radical (unpaired) electrons. The van der Waals surface area contributed by atoms with Crippen molar-refractivity contribution in [1.29, 1.82) is 0 Å². The number of alkyl halides is 1. The second-order valence-electron chi connectivity index (χ2n) is 2.89. The molecule has 82 valence electrons. The quantitative estimate of drug-likeness (QED) is 0.480. The van der Waals surface area contributed by atoms with Gasteiger partial charge >= 0.3 is 5.69 Å². The Bertz CT molecular complexity index is 382. The minimum absolute atomic E-state index is 0.0113. The minimum Gasteiger partial charge on any atom is -0.485 e. The van der Waals surface area contributed by atoms with Gasteiger partial charge in [0.1, 0.15) is 0 Å². The highest BCUT2D eigenvalue weighted by atomic mass is 79.9. The van der Waals surface area contributed by atoms with Crippen LogP contribution < -0.4 is 4.74 Å². The number of hydrogen-bond donors (Lipinski definition) is 0. The summed E-state index contributed by atoms with van der Waals surface area (Å²) in [6.45, 7) is 2.19. The van der Waals surface area contributed by atoms with Gasteiger partial charge in [0.2, 0.25) is 5.75 Å². The fraction of sp³-hybridized carbons (Fsp3) is 0.333. The van der Waals surface area contributed by atoms with E-state index in [1.165, 1.54) is 6.07 Å². The molecular weight excluding hydrogens is 330 g/mol. The molecule has 0 aliphatic heterocycles. The zero-order valence-electron chi connectivity index (χ0n) is 8.00. The number of ether oxygens (including phenoxy) is 1. The second-order valence-corrected chi connectivity index (χ2v) is 4.54. The molecule has 0 N–H and O–H groups in total. The van der Waals surface area contributed by atoms with Crippen LogP contribution in [0.25, 0.3) is 0 Å². The van der Waals surface area contributed by atoms with Crippen molar-refractivity contribution in [3.63, 3.8) is 0 Å². The van der Waals surface area contributed by atoms with Gasteiger partial charge in [-0.05, 0) is 34.5 Å². The lowest BCUT2D eigenvalue weighted by atomic mass is 10.2. The highest BCUT2D eigenvalue weighted by Gasteiger charge is 2.18. The lowest BCUT2D eigenvalue weighted by Gasteiger charge is -2.07. The fourth-order valence-corrected chi connectivity index (χ4v) is 1.97. The number of rotatable bonds is 4. The molecule has 1 aromatic rings. The van der Waals surface area contributed by atoms with Crippen molar-refractivity contribution in [2.75, 3.05) is 11.9 Å². The van der Waals surface area contributed by atoms with Crippen LogP contribution in [0.4, 0.5) is 5.69 Å². The monoisotopic (exact) mass is 337 g/mol. The summed E-state index contributed by atoms with van der Waals surface area (Å²) in [4.78, 5) is 10.3. The summed E-state index contributed by atoms with van der Waals surface area (Å²) in [5.41, 5.74) is 0.808. The van der Waals surface area contributed by atoms with E-state index in [2.05, 4.69) is 31.9 Å². The average molecular weight is 339 g/mol. The van der Waals surface area contributed by atoms with Gasteiger partial charge in [-0.15, -0.1) is 0 Å². The summed E-state index contributed by atoms with van der Waals surface area (Å²) in [5.74, 6) is 0.282. The third kappa shape index (κ3) is 3.17. The van der Waals surface area contributed by atoms with Crippen molar-refractivity contribution in [3.8, 4) is 5.75 Å². The van der Waals surface area contributed by atoms with Crippen LogP contribution in [-0.4, -0.2) is 16.9 Å². The van der Waals surface area contributed by atoms with E-state index in [1.54, 1.807) is 13.0 Å². The highest BCUT2D eigenvalue weighted by Crippen LogP contribution is 2.36. The molecule has 15 heavy (non-hydrogen) atoms. The first-order valence-corrected chi connectivity index (χ1v) is 6.11. The molecule has 6 heteroatoms. The van der Waals surface area contributed by atoms with Crippen molar-refractivity contribution >= 4 is 37.5 Å². The van der Waals surface area contributed by atoms with Gasteiger partial charge in [-0.2, -0.15) is 0 Å². The zero-order chi connectivity index (χ0) is 11.4. The average Bonchev–Trinajstić information content (AvgIpc) is 2.15. The summed E-state index contributed by atoms with van der Waals surface area (Å²) < 4.78 is 5.90. The molecule has 0 bridgehead atoms. The van der Waals surface area contributed by atoms with Crippen molar-refractivity contribution in [1.82, 2.24) is 0 Å². The maximum atomic E-state index is 10.8. The number of nitro groups is 1. The summed E-state index contributed by atoms with van der Waals surface area (Å²) >= 11 is 6.45. The Morgan fingerprint density at radius 3 is 2.73 bits per heavy atom. The van der Waals surface area contributed by atoms with Gasteiger partial charge in [0.25, 0.3) is 0 Å². The maximum Gasteiger partial charge on any atom is 0.312 e. The predicted molar refractivity (Wildman–Crippen MR) is 64.8 cm³/mol. The van der Waals surface area contributed by atoms with Crippen LogP contribution in [0.2, 0.25) is 0 Å². The zero-order valence-corrected chi connectivity index (χ0v) is 11.2. The molecule has 0 fully saturated rings. The standard InChI is InChI=1S/C9H9Br2NO3/c1-6-4-7(11)9(15-3-2-10)8(5-6)12(13)14/h4-5H,2-3H2,1H3. The predicted octanol–water partition coefficient (Wildman–Crippen LogP) is 3.44. The Hall–Kier alpha value is -0.620. The van der Waals surface area contributed by atoms with Gasteiger partial charge < -0.3 is 4.74 Å². The van der Waals surface area contributed by atoms with Crippen molar-refractivity contribution < 1.29 is 9.66 Å². The Morgan fingerprint density at radius 2 is 2.20 bits per heavy atom. The van der Waals surface area contributed by atoms with Crippen LogP contribution >= 0.6 is 31.9 Å². The highest BCUT2D eigenvalue weighted by molar-refractivity contribution is 9.10. The van der Waals surface area contributed by atoms with Gasteiger partial charge in [-0.3, -0.25) is 10.1 Å². The van der Waals surface area contributed by atoms with Gasteiger partial charge in [0.15, 0.2) is 0 Å². The summed E-state index contributed by atoms with van der Waals surface area (Å²) in [6.07, 6.45) is 0. The topological polar surface area (TPSA) is 52.4 Å². The lowest BCUT2D eigenvalue weighted by Crippen LogP contribution is -2.02. The molecule has 0 heterocycles. The van der Waals surface area contributed by atoms with E-state index in [-0.39, 0.29) is 11.4 Å². The molecule has 1 rings (SSSR count). The number of hydrogen-bond acceptors (Lipinski definition) is 3. The Kier molecular flexibility index (Phi) is 4.53. The third-order valence-electron chi connectivity index (χ3n) is 1.69. The van der Waals surface area contributed by atoms with Crippen LogP contribution in [0.5, 0.6) is 5.75 Å². The fourth-order valence-electron chi connectivity index (χ4n) is 1.13. The number of nitrogens with zero attached hydrogens (tertiary/aromatic N) is 1. The Balaban J connectivity index is 3.15. The molecule has 0 unspecified atom stereocenters. The Morgan fingerprint density at radius 1 is 1.53 bits per heavy atom. The molecule has 0 saturated heterocycles. The molecule has 0 aliphatic carbocycles. The van der Waals surface area contributed by atoms with E-state index in [0.717, 1.165) is 5.56 Å². The molecule has 0 amide bonds. The van der Waals surface area contributed by atoms with Gasteiger partial charge in [0, 0.05) is 11.4 Å². The Labute approximate surface area is 104 Å². The van der Waals surface area contributed by atoms with Gasteiger partial charge in [-0.25, -0.2) is 0 Å². The van der Waals surface area contributed by atoms with Crippen LogP contribution in [-0.2, 0) is 0 Å². The van der Waals surface area contributed by atoms with E-state index >= 15 is 0 Å². The summed E-state index contributed by atoms with van der Waals surface area (Å²) in [5, 5.41) is 11.4. The van der Waals surface area contributed by atoms with Crippen LogP contribution in [0.15, 0.2) is 16.6 Å². The molecular formula is C9H9Br2NO3. The van der Waals surface area contributed by atoms with Crippen molar-refractivity contribution in [2.45, 2.75) is 6.92 Å². The normalized spacial score (nSPS) is 10.1. The van der Waals surface area contributed by atoms with Crippen molar-refractivity contribution in [3.05, 3.63) is 32.3 Å². The number of aryl methyl sites for hydroxylation is 1. The van der Waals surface area contributed by atoms with Gasteiger partial charge in [0.05, 0.1) is 16.0 Å². The molecule has 4 nitrogen and oxygen atoms in total. The molecule has 0 saturated carbocycles. The molecule has 0 aromatic heterocycles. The van der Waals surface area contributed by atoms with E-state index < -0.39 is 4.92 Å². The molecule has 1 aromatic carbocycles. The third-order valence-corrected chi connectivity index (χ3v) is 2.60. The van der Waals surface area contributed by atoms with E-state index in [9.17, 15) is 10.1 Å².